The molecule has 12 aromatic rings. The van der Waals surface area contributed by atoms with Gasteiger partial charge in [-0.3, -0.25) is 0 Å². The minimum absolute atomic E-state index is 1.10. The normalized spacial score (nSPS) is 11.6. The lowest BCUT2D eigenvalue weighted by Gasteiger charge is -2.27. The Balaban J connectivity index is 0.975. The van der Waals surface area contributed by atoms with Crippen molar-refractivity contribution in [3.63, 3.8) is 0 Å². The molecule has 0 aliphatic heterocycles. The smallest absolute Gasteiger partial charge is 0.0640 e. The molecule has 61 heavy (non-hydrogen) atoms. The van der Waals surface area contributed by atoms with Crippen molar-refractivity contribution >= 4 is 81.1 Å². The van der Waals surface area contributed by atoms with Gasteiger partial charge in [0.15, 0.2) is 0 Å². The third kappa shape index (κ3) is 5.93. The van der Waals surface area contributed by atoms with E-state index in [-0.39, 0.29) is 0 Å². The monoisotopic (exact) mass is 794 g/mol. The summed E-state index contributed by atoms with van der Waals surface area (Å²) in [7, 11) is 0. The number of rotatable bonds is 7. The number of fused-ring (bicyclic) bond motifs is 7. The van der Waals surface area contributed by atoms with Crippen molar-refractivity contribution in [2.24, 2.45) is 0 Å². The number of hydrogen-bond donors (Lipinski definition) is 0. The molecular formula is C58H38N2S. The van der Waals surface area contributed by atoms with Crippen LogP contribution in [0.5, 0.6) is 0 Å². The van der Waals surface area contributed by atoms with E-state index in [0.717, 1.165) is 17.1 Å². The Morgan fingerprint density at radius 2 is 0.902 bits per heavy atom. The van der Waals surface area contributed by atoms with E-state index in [0.29, 0.717) is 0 Å². The predicted octanol–water partition coefficient (Wildman–Crippen LogP) is 16.8. The van der Waals surface area contributed by atoms with Gasteiger partial charge < -0.3 is 9.47 Å². The topological polar surface area (TPSA) is 8.17 Å². The Labute approximate surface area is 358 Å². The number of aromatic nitrogens is 1. The lowest BCUT2D eigenvalue weighted by molar-refractivity contribution is 1.20. The molecule has 0 aliphatic carbocycles. The van der Waals surface area contributed by atoms with E-state index in [9.17, 15) is 0 Å². The van der Waals surface area contributed by atoms with E-state index in [2.05, 4.69) is 240 Å². The molecule has 0 unspecified atom stereocenters. The second-order valence-corrected chi connectivity index (χ2v) is 16.7. The molecule has 0 atom stereocenters. The zero-order chi connectivity index (χ0) is 40.3. The van der Waals surface area contributed by atoms with Crippen LogP contribution in [0.1, 0.15) is 0 Å². The minimum atomic E-state index is 1.10. The first-order chi connectivity index (χ1) is 30.3. The highest BCUT2D eigenvalue weighted by Gasteiger charge is 2.19. The number of anilines is 3. The summed E-state index contributed by atoms with van der Waals surface area (Å²) in [5.41, 5.74) is 14.2. The molecule has 10 aromatic carbocycles. The maximum atomic E-state index is 2.48. The molecule has 3 heteroatoms. The van der Waals surface area contributed by atoms with Crippen molar-refractivity contribution in [2.45, 2.75) is 0 Å². The largest absolute Gasteiger partial charge is 0.310 e. The van der Waals surface area contributed by atoms with Crippen LogP contribution in [0.15, 0.2) is 231 Å². The van der Waals surface area contributed by atoms with Gasteiger partial charge in [0.25, 0.3) is 0 Å². The molecule has 2 nitrogen and oxygen atoms in total. The Morgan fingerprint density at radius 3 is 1.70 bits per heavy atom. The molecule has 0 saturated carbocycles. The zero-order valence-electron chi connectivity index (χ0n) is 33.2. The fourth-order valence-electron chi connectivity index (χ4n) is 9.35. The summed E-state index contributed by atoms with van der Waals surface area (Å²) in [6.45, 7) is 0. The summed E-state index contributed by atoms with van der Waals surface area (Å²) in [5.74, 6) is 0. The molecular weight excluding hydrogens is 757 g/mol. The maximum absolute atomic E-state index is 2.48. The number of nitrogens with zero attached hydrogens (tertiary/aromatic N) is 2. The average Bonchev–Trinajstić information content (AvgIpc) is 3.88. The third-order valence-corrected chi connectivity index (χ3v) is 13.4. The lowest BCUT2D eigenvalue weighted by atomic mass is 9.93. The minimum Gasteiger partial charge on any atom is -0.310 e. The van der Waals surface area contributed by atoms with Crippen LogP contribution in [0.25, 0.3) is 91.8 Å². The van der Waals surface area contributed by atoms with Crippen molar-refractivity contribution in [1.29, 1.82) is 0 Å². The second kappa shape index (κ2) is 14.5. The summed E-state index contributed by atoms with van der Waals surface area (Å²) in [6, 6.07) is 84.1. The summed E-state index contributed by atoms with van der Waals surface area (Å²) >= 11 is 1.88. The van der Waals surface area contributed by atoms with E-state index >= 15 is 0 Å². The molecule has 0 bridgehead atoms. The summed E-state index contributed by atoms with van der Waals surface area (Å²) in [6.07, 6.45) is 0. The SMILES string of the molecule is c1ccc(-c2ccc(N(c3ccc(-c4ccccc4-c4ccc5c6ccccc6n(-c6cccc7c6sc6ccccc67)c5c4)cc3)c3cccc4ccccc34)cc2)cc1. The molecule has 0 spiro atoms. The van der Waals surface area contributed by atoms with Gasteiger partial charge in [0, 0.05) is 43.0 Å². The molecule has 0 fully saturated rings. The molecule has 12 rings (SSSR count). The quantitative estimate of drug-likeness (QED) is 0.156. The van der Waals surface area contributed by atoms with E-state index in [1.165, 1.54) is 91.8 Å². The van der Waals surface area contributed by atoms with Crippen LogP contribution in [0.3, 0.4) is 0 Å². The molecule has 0 N–H and O–H groups in total. The van der Waals surface area contributed by atoms with E-state index in [1.54, 1.807) is 0 Å². The van der Waals surface area contributed by atoms with Crippen molar-refractivity contribution in [3.05, 3.63) is 231 Å². The highest BCUT2D eigenvalue weighted by Crippen LogP contribution is 2.44. The fourth-order valence-corrected chi connectivity index (χ4v) is 10.6. The van der Waals surface area contributed by atoms with Crippen LogP contribution >= 0.6 is 11.3 Å². The van der Waals surface area contributed by atoms with Gasteiger partial charge in [-0.1, -0.05) is 176 Å². The molecule has 0 aliphatic rings. The number of hydrogen-bond acceptors (Lipinski definition) is 2. The van der Waals surface area contributed by atoms with Crippen LogP contribution in [-0.2, 0) is 0 Å². The van der Waals surface area contributed by atoms with Crippen LogP contribution in [0, 0.1) is 0 Å². The first-order valence-corrected chi connectivity index (χ1v) is 21.7. The first kappa shape index (κ1) is 35.2. The number of para-hydroxylation sites is 1. The Hall–Kier alpha value is -7.72. The van der Waals surface area contributed by atoms with Crippen LogP contribution < -0.4 is 4.90 Å². The highest BCUT2D eigenvalue weighted by atomic mass is 32.1. The number of benzene rings is 10. The van der Waals surface area contributed by atoms with Crippen LogP contribution in [0.4, 0.5) is 17.1 Å². The predicted molar refractivity (Wildman–Crippen MR) is 262 cm³/mol. The van der Waals surface area contributed by atoms with Crippen molar-refractivity contribution in [3.8, 4) is 39.1 Å². The van der Waals surface area contributed by atoms with Gasteiger partial charge in [-0.15, -0.1) is 11.3 Å². The Kier molecular flexibility index (Phi) is 8.39. The standard InChI is InChI=1S/C58H38N2S/c1-2-14-39(15-3-1)40-28-33-44(34-29-40)59(53-25-12-17-41-16-4-5-20-48(41)53)45-35-30-42(31-36-45)46-18-6-7-19-47(46)43-32-37-50-49-21-8-10-24-54(49)60(56(50)38-43)55-26-13-23-52-51-22-9-11-27-57(51)61-58(52)55/h1-38H. The van der Waals surface area contributed by atoms with Gasteiger partial charge in [-0.25, -0.2) is 0 Å². The molecule has 2 aromatic heterocycles. The third-order valence-electron chi connectivity index (χ3n) is 12.2. The Bertz CT molecular complexity index is 3570. The van der Waals surface area contributed by atoms with Gasteiger partial charge in [-0.05, 0) is 93.4 Å². The van der Waals surface area contributed by atoms with Crippen molar-refractivity contribution < 1.29 is 0 Å². The maximum Gasteiger partial charge on any atom is 0.0640 e. The Morgan fingerprint density at radius 1 is 0.344 bits per heavy atom. The molecule has 0 saturated heterocycles. The van der Waals surface area contributed by atoms with Gasteiger partial charge in [0.2, 0.25) is 0 Å². The summed E-state index contributed by atoms with van der Waals surface area (Å²) in [5, 5.41) is 7.56. The average molecular weight is 795 g/mol. The summed E-state index contributed by atoms with van der Waals surface area (Å²) < 4.78 is 5.10. The van der Waals surface area contributed by atoms with E-state index < -0.39 is 0 Å². The summed E-state index contributed by atoms with van der Waals surface area (Å²) in [4.78, 5) is 2.39. The fraction of sp³-hybridized carbons (Fsp3) is 0. The second-order valence-electron chi connectivity index (χ2n) is 15.7. The molecule has 2 heterocycles. The lowest BCUT2D eigenvalue weighted by Crippen LogP contribution is -2.10. The van der Waals surface area contributed by atoms with E-state index in [1.807, 2.05) is 11.3 Å². The molecule has 0 amide bonds. The van der Waals surface area contributed by atoms with Gasteiger partial charge in [0.1, 0.15) is 0 Å². The van der Waals surface area contributed by atoms with E-state index in [4.69, 9.17) is 0 Å². The van der Waals surface area contributed by atoms with Crippen molar-refractivity contribution in [1.82, 2.24) is 4.57 Å². The van der Waals surface area contributed by atoms with Gasteiger partial charge in [0.05, 0.1) is 27.1 Å². The van der Waals surface area contributed by atoms with Crippen LogP contribution in [0.2, 0.25) is 0 Å². The van der Waals surface area contributed by atoms with Crippen LogP contribution in [-0.4, -0.2) is 4.57 Å². The number of thiophene rings is 1. The van der Waals surface area contributed by atoms with Gasteiger partial charge in [-0.2, -0.15) is 0 Å². The molecule has 286 valence electrons. The first-order valence-electron chi connectivity index (χ1n) is 20.8. The zero-order valence-corrected chi connectivity index (χ0v) is 34.1. The van der Waals surface area contributed by atoms with Crippen molar-refractivity contribution in [2.75, 3.05) is 4.90 Å². The van der Waals surface area contributed by atoms with Gasteiger partial charge >= 0.3 is 0 Å². The highest BCUT2D eigenvalue weighted by molar-refractivity contribution is 7.26. The molecule has 0 radical (unpaired) electrons.